The highest BCUT2D eigenvalue weighted by Crippen LogP contribution is 2.17. The van der Waals surface area contributed by atoms with Crippen LogP contribution in [0.15, 0.2) is 96.4 Å². The fourth-order valence-electron chi connectivity index (χ4n) is 2.95. The highest BCUT2D eigenvalue weighted by Gasteiger charge is 2.07. The summed E-state index contributed by atoms with van der Waals surface area (Å²) in [6.45, 7) is 19.7. The van der Waals surface area contributed by atoms with Gasteiger partial charge in [-0.2, -0.15) is 0 Å². The number of nitrogens with two attached hydrogens (primary N) is 1. The van der Waals surface area contributed by atoms with Gasteiger partial charge >= 0.3 is 0 Å². The average molecular weight is 488 g/mol. The van der Waals surface area contributed by atoms with Crippen molar-refractivity contribution in [2.24, 2.45) is 29.4 Å². The van der Waals surface area contributed by atoms with Gasteiger partial charge in [0.15, 0.2) is 0 Å². The van der Waals surface area contributed by atoms with Crippen LogP contribution in [0.5, 0.6) is 0 Å². The Bertz CT molecular complexity index is 948. The van der Waals surface area contributed by atoms with Crippen LogP contribution in [0.4, 0.5) is 0 Å². The summed E-state index contributed by atoms with van der Waals surface area (Å²) >= 11 is 0. The molecule has 196 valence electrons. The van der Waals surface area contributed by atoms with E-state index in [1.807, 2.05) is 20.2 Å². The molecule has 0 aliphatic rings. The van der Waals surface area contributed by atoms with Crippen LogP contribution in [0, 0.1) is 35.6 Å². The van der Waals surface area contributed by atoms with E-state index < -0.39 is 0 Å². The van der Waals surface area contributed by atoms with E-state index in [1.54, 1.807) is 6.08 Å². The van der Waals surface area contributed by atoms with Crippen LogP contribution in [0.1, 0.15) is 54.0 Å². The number of nitrogens with one attached hydrogen (secondary N) is 2. The van der Waals surface area contributed by atoms with E-state index in [0.717, 1.165) is 6.54 Å². The van der Waals surface area contributed by atoms with Crippen molar-refractivity contribution >= 4 is 6.08 Å². The first-order valence-corrected chi connectivity index (χ1v) is 12.9. The van der Waals surface area contributed by atoms with E-state index in [2.05, 4.69) is 138 Å². The monoisotopic (exact) mass is 487 g/mol. The fraction of sp³-hybridized carbons (Fsp3) is 0.394. The van der Waals surface area contributed by atoms with Gasteiger partial charge < -0.3 is 16.4 Å². The predicted molar refractivity (Wildman–Crippen MR) is 162 cm³/mol. The third kappa shape index (κ3) is 15.5. The van der Waals surface area contributed by atoms with Crippen LogP contribution >= 0.6 is 0 Å². The number of hydrogen-bond donors (Lipinski definition) is 3. The Hall–Kier alpha value is -3.38. The van der Waals surface area contributed by atoms with Gasteiger partial charge in [0.1, 0.15) is 0 Å². The Morgan fingerprint density at radius 1 is 1.03 bits per heavy atom. The number of hydrogen-bond acceptors (Lipinski definition) is 3. The van der Waals surface area contributed by atoms with Crippen LogP contribution < -0.4 is 16.4 Å². The normalized spacial score (nSPS) is 14.2. The molecule has 0 saturated heterocycles. The largest absolute Gasteiger partial charge is 0.394 e. The molecule has 4 N–H and O–H groups in total. The molecule has 0 amide bonds. The van der Waals surface area contributed by atoms with Gasteiger partial charge in [0, 0.05) is 31.3 Å². The molecule has 0 aromatic heterocycles. The van der Waals surface area contributed by atoms with E-state index in [4.69, 9.17) is 5.73 Å². The topological polar surface area (TPSA) is 50.1 Å². The zero-order chi connectivity index (χ0) is 27.3. The minimum Gasteiger partial charge on any atom is -0.394 e. The van der Waals surface area contributed by atoms with Crippen LogP contribution in [-0.2, 0) is 0 Å². The Morgan fingerprint density at radius 3 is 2.19 bits per heavy atom. The van der Waals surface area contributed by atoms with Crippen molar-refractivity contribution in [1.29, 1.82) is 0 Å². The minimum absolute atomic E-state index is 0.227. The Balaban J connectivity index is 0.00000152. The second kappa shape index (κ2) is 19.9. The maximum Gasteiger partial charge on any atom is 0.0397 e. The molecule has 0 spiro atoms. The van der Waals surface area contributed by atoms with Gasteiger partial charge in [0.2, 0.25) is 0 Å². The van der Waals surface area contributed by atoms with Gasteiger partial charge in [0.25, 0.3) is 0 Å². The fourth-order valence-corrected chi connectivity index (χ4v) is 2.95. The maximum atomic E-state index is 4.90. The molecule has 2 atom stereocenters. The van der Waals surface area contributed by atoms with E-state index in [0.29, 0.717) is 17.8 Å². The van der Waals surface area contributed by atoms with Crippen molar-refractivity contribution in [2.45, 2.75) is 48.5 Å². The average Bonchev–Trinajstić information content (AvgIpc) is 2.86. The van der Waals surface area contributed by atoms with Crippen molar-refractivity contribution in [1.82, 2.24) is 10.6 Å². The standard InChI is InChI=1S/C27H40N2.C6H9N/c1-21(2)24(6)26(17-16-25-13-9-8-10-14-25)20-29-27(22(3)4)15-11-12-23(5)18-19-28-7;1-3-6(2)4-5-7/h8-19,21-23,28-29H,20H2,1-7H3;3,6H,1,7H2,2H3/b12-11-,17-16+,19-18-,26-24+,27-15+;. The number of rotatable bonds is 12. The predicted octanol–water partition coefficient (Wildman–Crippen LogP) is 7.46. The molecule has 0 fully saturated rings. The van der Waals surface area contributed by atoms with Gasteiger partial charge in [-0.1, -0.05) is 113 Å². The molecule has 1 rings (SSSR count). The highest BCUT2D eigenvalue weighted by molar-refractivity contribution is 5.53. The Morgan fingerprint density at radius 2 is 1.69 bits per heavy atom. The second-order valence-electron chi connectivity index (χ2n) is 9.44. The van der Waals surface area contributed by atoms with Crippen LogP contribution in [0.2, 0.25) is 0 Å². The summed E-state index contributed by atoms with van der Waals surface area (Å²) in [7, 11) is 1.92. The molecule has 3 heteroatoms. The lowest BCUT2D eigenvalue weighted by Crippen LogP contribution is -2.20. The molecule has 0 radical (unpaired) electrons. The SMILES string of the molecule is C=CC(C)C#CN.CN/C=C\C(C)/C=C\C=C(\NCC(/C=C/c1ccccc1)=C(\C)C(C)C)C(C)C. The summed E-state index contributed by atoms with van der Waals surface area (Å²) in [5.41, 5.74) is 10.2. The first-order chi connectivity index (χ1) is 17.2. The summed E-state index contributed by atoms with van der Waals surface area (Å²) < 4.78 is 0. The quantitative estimate of drug-likeness (QED) is 0.124. The molecular formula is C33H49N3. The molecule has 0 saturated carbocycles. The lowest BCUT2D eigenvalue weighted by atomic mass is 9.97. The first-order valence-electron chi connectivity index (χ1n) is 12.9. The van der Waals surface area contributed by atoms with Gasteiger partial charge in [-0.25, -0.2) is 0 Å². The summed E-state index contributed by atoms with van der Waals surface area (Å²) in [6, 6.07) is 12.8. The molecule has 0 aliphatic carbocycles. The van der Waals surface area contributed by atoms with E-state index >= 15 is 0 Å². The second-order valence-corrected chi connectivity index (χ2v) is 9.44. The lowest BCUT2D eigenvalue weighted by molar-refractivity contribution is 0.668. The number of benzene rings is 1. The molecule has 2 unspecified atom stereocenters. The smallest absolute Gasteiger partial charge is 0.0397 e. The van der Waals surface area contributed by atoms with Gasteiger partial charge in [-0.15, -0.1) is 6.58 Å². The van der Waals surface area contributed by atoms with Crippen molar-refractivity contribution in [3.05, 3.63) is 102 Å². The summed E-state index contributed by atoms with van der Waals surface area (Å²) in [5, 5.41) is 6.72. The maximum absolute atomic E-state index is 4.90. The molecule has 0 aliphatic heterocycles. The molecule has 3 nitrogen and oxygen atoms in total. The van der Waals surface area contributed by atoms with Gasteiger partial charge in [-0.05, 0) is 55.0 Å². The minimum atomic E-state index is 0.227. The van der Waals surface area contributed by atoms with Crippen LogP contribution in [0.3, 0.4) is 0 Å². The first kappa shape index (κ1) is 32.6. The Labute approximate surface area is 222 Å². The van der Waals surface area contributed by atoms with Gasteiger partial charge in [-0.3, -0.25) is 0 Å². The summed E-state index contributed by atoms with van der Waals surface area (Å²) in [5.74, 6) is 4.31. The van der Waals surface area contributed by atoms with Crippen molar-refractivity contribution in [3.63, 3.8) is 0 Å². The van der Waals surface area contributed by atoms with E-state index in [1.165, 1.54) is 22.4 Å². The molecular weight excluding hydrogens is 438 g/mol. The van der Waals surface area contributed by atoms with Crippen LogP contribution in [0.25, 0.3) is 6.08 Å². The summed E-state index contributed by atoms with van der Waals surface area (Å²) in [6.07, 6.45) is 16.9. The zero-order valence-corrected chi connectivity index (χ0v) is 23.8. The van der Waals surface area contributed by atoms with Gasteiger partial charge in [0.05, 0.1) is 0 Å². The molecule has 1 aromatic rings. The Kier molecular flexibility index (Phi) is 18.0. The van der Waals surface area contributed by atoms with E-state index in [9.17, 15) is 0 Å². The highest BCUT2D eigenvalue weighted by atomic mass is 14.9. The molecule has 0 bridgehead atoms. The number of allylic oxidation sites excluding steroid dienone is 7. The van der Waals surface area contributed by atoms with Crippen molar-refractivity contribution < 1.29 is 0 Å². The van der Waals surface area contributed by atoms with Crippen molar-refractivity contribution in [2.75, 3.05) is 13.6 Å². The van der Waals surface area contributed by atoms with Crippen LogP contribution in [-0.4, -0.2) is 13.6 Å². The third-order valence-corrected chi connectivity index (χ3v) is 5.68. The molecule has 1 aromatic carbocycles. The lowest BCUT2D eigenvalue weighted by Gasteiger charge is -2.18. The third-order valence-electron chi connectivity index (χ3n) is 5.68. The molecule has 0 heterocycles. The van der Waals surface area contributed by atoms with E-state index in [-0.39, 0.29) is 5.92 Å². The summed E-state index contributed by atoms with van der Waals surface area (Å²) in [4.78, 5) is 0. The molecule has 36 heavy (non-hydrogen) atoms. The van der Waals surface area contributed by atoms with Crippen molar-refractivity contribution in [3.8, 4) is 12.0 Å². The zero-order valence-electron chi connectivity index (χ0n) is 23.8.